The monoisotopic (exact) mass is 245 g/mol. The minimum Gasteiger partial charge on any atom is -0.478 e. The molecule has 0 aromatic heterocycles. The lowest BCUT2D eigenvalue weighted by Gasteiger charge is -2.07. The molecular formula is C14H15NO3. The number of benzene rings is 1. The van der Waals surface area contributed by atoms with Gasteiger partial charge in [-0.15, -0.1) is 0 Å². The van der Waals surface area contributed by atoms with Crippen molar-refractivity contribution in [2.75, 3.05) is 5.32 Å². The number of nitrogens with one attached hydrogen (secondary N) is 1. The van der Waals surface area contributed by atoms with Crippen LogP contribution in [0.3, 0.4) is 0 Å². The summed E-state index contributed by atoms with van der Waals surface area (Å²) >= 11 is 0. The van der Waals surface area contributed by atoms with Crippen LogP contribution in [0.1, 0.15) is 22.8 Å². The Labute approximate surface area is 106 Å². The van der Waals surface area contributed by atoms with Gasteiger partial charge in [0.05, 0.1) is 11.3 Å². The molecule has 0 aliphatic heterocycles. The number of allylic oxidation sites excluding steroid dienone is 3. The fourth-order valence-electron chi connectivity index (χ4n) is 1.37. The van der Waals surface area contributed by atoms with Crippen LogP contribution in [0.2, 0.25) is 0 Å². The van der Waals surface area contributed by atoms with E-state index >= 15 is 0 Å². The van der Waals surface area contributed by atoms with Crippen LogP contribution in [0.4, 0.5) is 5.69 Å². The molecule has 94 valence electrons. The smallest absolute Gasteiger partial charge is 0.337 e. The summed E-state index contributed by atoms with van der Waals surface area (Å²) in [5.41, 5.74) is 1.21. The van der Waals surface area contributed by atoms with E-state index < -0.39 is 5.97 Å². The number of hydrogen-bond donors (Lipinski definition) is 2. The molecule has 4 heteroatoms. The third-order valence-electron chi connectivity index (χ3n) is 2.21. The number of carbonyl (C=O) groups excluding carboxylic acids is 1. The van der Waals surface area contributed by atoms with Crippen molar-refractivity contribution in [2.24, 2.45) is 0 Å². The molecule has 0 saturated carbocycles. The fourth-order valence-corrected chi connectivity index (χ4v) is 1.37. The molecule has 1 aromatic rings. The molecule has 0 unspecified atom stereocenters. The van der Waals surface area contributed by atoms with Gasteiger partial charge in [-0.2, -0.15) is 0 Å². The normalized spacial score (nSPS) is 11.0. The Bertz CT molecular complexity index is 516. The number of amides is 1. The van der Waals surface area contributed by atoms with E-state index in [1.54, 1.807) is 37.3 Å². The average molecular weight is 245 g/mol. The van der Waals surface area contributed by atoms with Gasteiger partial charge in [0, 0.05) is 6.08 Å². The lowest BCUT2D eigenvalue weighted by Crippen LogP contribution is -2.12. The van der Waals surface area contributed by atoms with Gasteiger partial charge in [0.15, 0.2) is 0 Å². The molecule has 2 N–H and O–H groups in total. The van der Waals surface area contributed by atoms with Gasteiger partial charge in [0.25, 0.3) is 0 Å². The van der Waals surface area contributed by atoms with Crippen molar-refractivity contribution < 1.29 is 14.7 Å². The zero-order chi connectivity index (χ0) is 13.5. The van der Waals surface area contributed by atoms with Gasteiger partial charge in [-0.05, 0) is 26.0 Å². The third-order valence-corrected chi connectivity index (χ3v) is 2.21. The van der Waals surface area contributed by atoms with Crippen molar-refractivity contribution in [2.45, 2.75) is 13.8 Å². The topological polar surface area (TPSA) is 66.4 Å². The van der Waals surface area contributed by atoms with Gasteiger partial charge in [-0.3, -0.25) is 4.79 Å². The standard InChI is InChI=1S/C14H15NO3/c1-3-4-5-6-13(16)15-12-8-7-10(2)9-11(12)14(17)18/h3-9H,1-2H3,(H,15,16)(H,17,18)/b4-3+,6-5+. The minimum absolute atomic E-state index is 0.0859. The number of hydrogen-bond acceptors (Lipinski definition) is 2. The summed E-state index contributed by atoms with van der Waals surface area (Å²) in [5.74, 6) is -1.43. The molecule has 0 bridgehead atoms. The lowest BCUT2D eigenvalue weighted by atomic mass is 10.1. The Morgan fingerprint density at radius 2 is 2.00 bits per heavy atom. The van der Waals surface area contributed by atoms with Crippen LogP contribution in [0.5, 0.6) is 0 Å². The second-order valence-corrected chi connectivity index (χ2v) is 3.73. The van der Waals surface area contributed by atoms with Crippen molar-refractivity contribution >= 4 is 17.6 Å². The number of carbonyl (C=O) groups is 2. The second kappa shape index (κ2) is 6.39. The van der Waals surface area contributed by atoms with Gasteiger partial charge in [-0.25, -0.2) is 4.79 Å². The molecule has 0 aliphatic carbocycles. The van der Waals surface area contributed by atoms with Crippen molar-refractivity contribution in [3.63, 3.8) is 0 Å². The summed E-state index contributed by atoms with van der Waals surface area (Å²) in [7, 11) is 0. The molecule has 1 amide bonds. The maximum absolute atomic E-state index is 11.5. The number of carboxylic acid groups (broad SMARTS) is 1. The van der Waals surface area contributed by atoms with E-state index in [-0.39, 0.29) is 11.5 Å². The van der Waals surface area contributed by atoms with E-state index in [0.29, 0.717) is 5.69 Å². The SMILES string of the molecule is C/C=C/C=C/C(=O)Nc1ccc(C)cc1C(=O)O. The zero-order valence-electron chi connectivity index (χ0n) is 10.3. The van der Waals surface area contributed by atoms with Gasteiger partial charge < -0.3 is 10.4 Å². The molecule has 18 heavy (non-hydrogen) atoms. The molecule has 4 nitrogen and oxygen atoms in total. The van der Waals surface area contributed by atoms with Crippen LogP contribution < -0.4 is 5.32 Å². The number of aromatic carboxylic acids is 1. The van der Waals surface area contributed by atoms with Crippen molar-refractivity contribution in [3.8, 4) is 0 Å². The molecule has 0 radical (unpaired) electrons. The van der Waals surface area contributed by atoms with Gasteiger partial charge in [-0.1, -0.05) is 29.9 Å². The Balaban J connectivity index is 2.90. The molecule has 0 fully saturated rings. The van der Waals surface area contributed by atoms with Gasteiger partial charge in [0.1, 0.15) is 0 Å². The van der Waals surface area contributed by atoms with Crippen molar-refractivity contribution in [1.29, 1.82) is 0 Å². The van der Waals surface area contributed by atoms with Gasteiger partial charge in [0.2, 0.25) is 5.91 Å². The number of rotatable bonds is 4. The summed E-state index contributed by atoms with van der Waals surface area (Å²) in [5, 5.41) is 11.6. The summed E-state index contributed by atoms with van der Waals surface area (Å²) in [6.07, 6.45) is 6.43. The first-order valence-electron chi connectivity index (χ1n) is 5.49. The minimum atomic E-state index is -1.06. The van der Waals surface area contributed by atoms with E-state index in [9.17, 15) is 9.59 Å². The molecule has 0 aliphatic rings. The number of aryl methyl sites for hydroxylation is 1. The molecule has 1 aromatic carbocycles. The highest BCUT2D eigenvalue weighted by atomic mass is 16.4. The Morgan fingerprint density at radius 3 is 2.61 bits per heavy atom. The van der Waals surface area contributed by atoms with E-state index in [2.05, 4.69) is 5.32 Å². The van der Waals surface area contributed by atoms with E-state index in [0.717, 1.165) is 5.56 Å². The van der Waals surface area contributed by atoms with E-state index in [1.165, 1.54) is 12.1 Å². The number of carboxylic acids is 1. The van der Waals surface area contributed by atoms with Crippen molar-refractivity contribution in [1.82, 2.24) is 0 Å². The summed E-state index contributed by atoms with van der Waals surface area (Å²) in [4.78, 5) is 22.6. The highest BCUT2D eigenvalue weighted by Gasteiger charge is 2.11. The van der Waals surface area contributed by atoms with Crippen LogP contribution >= 0.6 is 0 Å². The van der Waals surface area contributed by atoms with Crippen LogP contribution in [-0.4, -0.2) is 17.0 Å². The first-order valence-corrected chi connectivity index (χ1v) is 5.49. The average Bonchev–Trinajstić information content (AvgIpc) is 2.31. The predicted molar refractivity (Wildman–Crippen MR) is 70.7 cm³/mol. The molecule has 0 spiro atoms. The molecule has 0 saturated heterocycles. The molecule has 0 heterocycles. The molecular weight excluding hydrogens is 230 g/mol. The quantitative estimate of drug-likeness (QED) is 0.633. The van der Waals surface area contributed by atoms with E-state index in [4.69, 9.17) is 5.11 Å². The molecule has 0 atom stereocenters. The molecule has 1 rings (SSSR count). The van der Waals surface area contributed by atoms with Crippen LogP contribution in [-0.2, 0) is 4.79 Å². The maximum Gasteiger partial charge on any atom is 0.337 e. The van der Waals surface area contributed by atoms with Crippen molar-refractivity contribution in [3.05, 3.63) is 53.6 Å². The fraction of sp³-hybridized carbons (Fsp3) is 0.143. The Morgan fingerprint density at radius 1 is 1.28 bits per heavy atom. The largest absolute Gasteiger partial charge is 0.478 e. The zero-order valence-corrected chi connectivity index (χ0v) is 10.3. The summed E-state index contributed by atoms with van der Waals surface area (Å²) in [6, 6.07) is 4.85. The maximum atomic E-state index is 11.5. The summed E-state index contributed by atoms with van der Waals surface area (Å²) < 4.78 is 0. The lowest BCUT2D eigenvalue weighted by molar-refractivity contribution is -0.111. The number of anilines is 1. The Hall–Kier alpha value is -2.36. The Kier molecular flexibility index (Phi) is 4.87. The van der Waals surface area contributed by atoms with E-state index in [1.807, 2.05) is 6.92 Å². The first kappa shape index (κ1) is 13.7. The van der Waals surface area contributed by atoms with Crippen LogP contribution in [0, 0.1) is 6.92 Å². The third kappa shape index (κ3) is 3.90. The van der Waals surface area contributed by atoms with Crippen LogP contribution in [0.25, 0.3) is 0 Å². The highest BCUT2D eigenvalue weighted by Crippen LogP contribution is 2.17. The highest BCUT2D eigenvalue weighted by molar-refractivity contribution is 6.04. The predicted octanol–water partition coefficient (Wildman–Crippen LogP) is 2.76. The first-order chi connectivity index (χ1) is 8.54. The van der Waals surface area contributed by atoms with Gasteiger partial charge >= 0.3 is 5.97 Å². The second-order valence-electron chi connectivity index (χ2n) is 3.73. The van der Waals surface area contributed by atoms with Crippen LogP contribution in [0.15, 0.2) is 42.5 Å². The summed E-state index contributed by atoms with van der Waals surface area (Å²) in [6.45, 7) is 3.63.